The molecule has 1 heterocycles. The van der Waals surface area contributed by atoms with Gasteiger partial charge in [0.05, 0.1) is 15.1 Å². The van der Waals surface area contributed by atoms with Crippen molar-refractivity contribution in [3.8, 4) is 0 Å². The lowest BCUT2D eigenvalue weighted by Crippen LogP contribution is -2.22. The number of carboxylic acids is 1. The van der Waals surface area contributed by atoms with Crippen LogP contribution in [0.1, 0.15) is 17.0 Å². The zero-order valence-corrected chi connectivity index (χ0v) is 14.2. The van der Waals surface area contributed by atoms with Gasteiger partial charge in [-0.25, -0.2) is 4.98 Å². The van der Waals surface area contributed by atoms with Crippen LogP contribution in [0.2, 0.25) is 5.02 Å². The number of rotatable bonds is 5. The second kappa shape index (κ2) is 7.00. The Hall–Kier alpha value is -2.77. The van der Waals surface area contributed by atoms with E-state index in [1.165, 1.54) is 35.6 Å². The normalized spacial score (nSPS) is 11.6. The number of hydrogen-bond acceptors (Lipinski definition) is 6. The fourth-order valence-electron chi connectivity index (χ4n) is 2.30. The van der Waals surface area contributed by atoms with Gasteiger partial charge in [0, 0.05) is 35.1 Å². The molecular weight excluding hydrogens is 364 g/mol. The van der Waals surface area contributed by atoms with Crippen LogP contribution in [-0.4, -0.2) is 15.9 Å². The highest BCUT2D eigenvalue weighted by Crippen LogP contribution is 2.32. The second-order valence-corrected chi connectivity index (χ2v) is 6.61. The van der Waals surface area contributed by atoms with E-state index >= 15 is 0 Å². The van der Waals surface area contributed by atoms with Gasteiger partial charge in [0.2, 0.25) is 0 Å². The molecule has 0 aliphatic carbocycles. The molecule has 0 unspecified atom stereocenters. The third-order valence-electron chi connectivity index (χ3n) is 3.42. The summed E-state index contributed by atoms with van der Waals surface area (Å²) in [6.07, 6.45) is 1.13. The van der Waals surface area contributed by atoms with E-state index in [-0.39, 0.29) is 17.1 Å². The first-order chi connectivity index (χ1) is 11.9. The largest absolute Gasteiger partial charge is 0.550 e. The maximum atomic E-state index is 11.1. The van der Waals surface area contributed by atoms with E-state index in [0.29, 0.717) is 16.1 Å². The molecule has 0 radical (unpaired) electrons. The van der Waals surface area contributed by atoms with Crippen molar-refractivity contribution in [3.05, 3.63) is 68.2 Å². The molecule has 0 aliphatic heterocycles. The van der Waals surface area contributed by atoms with Crippen LogP contribution < -0.4 is 5.11 Å². The zero-order valence-electron chi connectivity index (χ0n) is 12.6. The smallest absolute Gasteiger partial charge is 0.270 e. The molecule has 3 aromatic rings. The Kier molecular flexibility index (Phi) is 4.78. The molecule has 2 aromatic carbocycles. The van der Waals surface area contributed by atoms with Crippen molar-refractivity contribution < 1.29 is 14.8 Å². The van der Waals surface area contributed by atoms with Gasteiger partial charge in [-0.15, -0.1) is 11.3 Å². The number of halogens is 1. The van der Waals surface area contributed by atoms with Crippen LogP contribution in [0.5, 0.6) is 0 Å². The predicted molar refractivity (Wildman–Crippen MR) is 95.2 cm³/mol. The molecule has 0 saturated heterocycles. The molecule has 0 bridgehead atoms. The summed E-state index contributed by atoms with van der Waals surface area (Å²) in [5.41, 5.74) is 1.35. The Bertz CT molecular complexity index is 980. The summed E-state index contributed by atoms with van der Waals surface area (Å²) < 4.78 is 0.909. The van der Waals surface area contributed by atoms with Crippen LogP contribution in [-0.2, 0) is 4.79 Å². The van der Waals surface area contributed by atoms with E-state index < -0.39 is 10.9 Å². The maximum Gasteiger partial charge on any atom is 0.270 e. The van der Waals surface area contributed by atoms with E-state index in [1.807, 2.05) is 24.3 Å². The van der Waals surface area contributed by atoms with Crippen LogP contribution in [0.15, 0.2) is 42.5 Å². The van der Waals surface area contributed by atoms with Gasteiger partial charge in [0.15, 0.2) is 0 Å². The quantitative estimate of drug-likeness (QED) is 0.503. The predicted octanol–water partition coefficient (Wildman–Crippen LogP) is 3.54. The lowest BCUT2D eigenvalue weighted by atomic mass is 10.1. The molecule has 0 aliphatic rings. The monoisotopic (exact) mass is 373 g/mol. The van der Waals surface area contributed by atoms with Gasteiger partial charge in [-0.05, 0) is 29.8 Å². The number of aliphatic carboxylic acids is 1. The third kappa shape index (κ3) is 3.84. The van der Waals surface area contributed by atoms with Gasteiger partial charge < -0.3 is 9.90 Å². The molecule has 6 nitrogen and oxygen atoms in total. The van der Waals surface area contributed by atoms with E-state index in [9.17, 15) is 20.0 Å². The van der Waals surface area contributed by atoms with Crippen molar-refractivity contribution in [2.24, 2.45) is 0 Å². The SMILES string of the molecule is O=C([O-])C/C(=C\c1cc([N+](=O)[O-])ccc1Cl)c1nc2ccccc2s1. The van der Waals surface area contributed by atoms with Crippen LogP contribution >= 0.6 is 22.9 Å². The summed E-state index contributed by atoms with van der Waals surface area (Å²) in [6.45, 7) is 0. The number of fused-ring (bicyclic) bond motifs is 1. The number of carbonyl (C=O) groups is 1. The number of nitro benzene ring substituents is 1. The number of para-hydroxylation sites is 1. The number of nitro groups is 1. The first-order valence-corrected chi connectivity index (χ1v) is 8.34. The standard InChI is InChI=1S/C17H11ClN2O4S/c18-13-6-5-12(20(23)24)8-10(13)7-11(9-16(21)22)17-19-14-3-1-2-4-15(14)25-17/h1-8H,9H2,(H,21,22)/p-1/b11-7+. The Balaban J connectivity index is 2.12. The Morgan fingerprint density at radius 2 is 2.04 bits per heavy atom. The summed E-state index contributed by atoms with van der Waals surface area (Å²) in [4.78, 5) is 26.0. The van der Waals surface area contributed by atoms with E-state index in [0.717, 1.165) is 10.2 Å². The number of carbonyl (C=O) groups excluding carboxylic acids is 1. The Morgan fingerprint density at radius 3 is 2.72 bits per heavy atom. The molecule has 0 N–H and O–H groups in total. The molecule has 8 heteroatoms. The molecule has 25 heavy (non-hydrogen) atoms. The fraction of sp³-hybridized carbons (Fsp3) is 0.0588. The van der Waals surface area contributed by atoms with Gasteiger partial charge in [-0.2, -0.15) is 0 Å². The van der Waals surface area contributed by atoms with E-state index in [2.05, 4.69) is 4.98 Å². The molecule has 1 aromatic heterocycles. The summed E-state index contributed by atoms with van der Waals surface area (Å²) in [5, 5.41) is 22.9. The maximum absolute atomic E-state index is 11.1. The fourth-order valence-corrected chi connectivity index (χ4v) is 3.45. The van der Waals surface area contributed by atoms with Crippen molar-refractivity contribution in [2.45, 2.75) is 6.42 Å². The van der Waals surface area contributed by atoms with Gasteiger partial charge >= 0.3 is 0 Å². The van der Waals surface area contributed by atoms with E-state index in [1.54, 1.807) is 0 Å². The molecular formula is C17H10ClN2O4S-. The molecule has 0 atom stereocenters. The minimum atomic E-state index is -1.27. The van der Waals surface area contributed by atoms with E-state index in [4.69, 9.17) is 11.6 Å². The number of benzene rings is 2. The number of aromatic nitrogens is 1. The molecule has 0 saturated carbocycles. The number of nitrogens with zero attached hydrogens (tertiary/aromatic N) is 2. The average Bonchev–Trinajstić information content (AvgIpc) is 2.99. The lowest BCUT2D eigenvalue weighted by Gasteiger charge is -2.07. The van der Waals surface area contributed by atoms with Crippen molar-refractivity contribution in [3.63, 3.8) is 0 Å². The van der Waals surface area contributed by atoms with Gasteiger partial charge in [-0.1, -0.05) is 23.7 Å². The first-order valence-electron chi connectivity index (χ1n) is 7.14. The van der Waals surface area contributed by atoms with Crippen LogP contribution in [0.3, 0.4) is 0 Å². The number of hydrogen-bond donors (Lipinski definition) is 0. The molecule has 126 valence electrons. The third-order valence-corrected chi connectivity index (χ3v) is 4.88. The van der Waals surface area contributed by atoms with Crippen molar-refractivity contribution >= 4 is 56.5 Å². The van der Waals surface area contributed by atoms with Gasteiger partial charge in [-0.3, -0.25) is 10.1 Å². The number of non-ortho nitro benzene ring substituents is 1. The highest BCUT2D eigenvalue weighted by Gasteiger charge is 2.13. The summed E-state index contributed by atoms with van der Waals surface area (Å²) >= 11 is 7.44. The zero-order chi connectivity index (χ0) is 18.0. The second-order valence-electron chi connectivity index (χ2n) is 5.17. The number of thiazole rings is 1. The number of carboxylic acid groups (broad SMARTS) is 1. The highest BCUT2D eigenvalue weighted by atomic mass is 35.5. The topological polar surface area (TPSA) is 96.2 Å². The Labute approximate surface area is 151 Å². The molecule has 0 spiro atoms. The summed E-state index contributed by atoms with van der Waals surface area (Å²) in [5.74, 6) is -1.27. The first kappa shape index (κ1) is 17.1. The van der Waals surface area contributed by atoms with Crippen molar-refractivity contribution in [1.82, 2.24) is 4.98 Å². The molecule has 0 fully saturated rings. The van der Waals surface area contributed by atoms with Crippen molar-refractivity contribution in [1.29, 1.82) is 0 Å². The highest BCUT2D eigenvalue weighted by molar-refractivity contribution is 7.19. The average molecular weight is 374 g/mol. The lowest BCUT2D eigenvalue weighted by molar-refractivity contribution is -0.384. The summed E-state index contributed by atoms with van der Waals surface area (Å²) in [6, 6.07) is 11.4. The van der Waals surface area contributed by atoms with Gasteiger partial charge in [0.25, 0.3) is 5.69 Å². The summed E-state index contributed by atoms with van der Waals surface area (Å²) in [7, 11) is 0. The van der Waals surface area contributed by atoms with Crippen LogP contribution in [0, 0.1) is 10.1 Å². The minimum absolute atomic E-state index is 0.132. The molecule has 3 rings (SSSR count). The molecule has 0 amide bonds. The van der Waals surface area contributed by atoms with Crippen LogP contribution in [0.25, 0.3) is 21.9 Å². The van der Waals surface area contributed by atoms with Gasteiger partial charge in [0.1, 0.15) is 5.01 Å². The Morgan fingerprint density at radius 1 is 1.28 bits per heavy atom. The van der Waals surface area contributed by atoms with Crippen molar-refractivity contribution in [2.75, 3.05) is 0 Å². The van der Waals surface area contributed by atoms with Crippen LogP contribution in [0.4, 0.5) is 5.69 Å². The minimum Gasteiger partial charge on any atom is -0.550 e.